The van der Waals surface area contributed by atoms with Crippen LogP contribution < -0.4 is 0 Å². The van der Waals surface area contributed by atoms with Crippen LogP contribution in [0.15, 0.2) is 35.5 Å². The van der Waals surface area contributed by atoms with Crippen molar-refractivity contribution in [3.63, 3.8) is 0 Å². The summed E-state index contributed by atoms with van der Waals surface area (Å²) >= 11 is 0. The van der Waals surface area contributed by atoms with E-state index in [-0.39, 0.29) is 11.0 Å². The lowest BCUT2D eigenvalue weighted by atomic mass is 9.59. The third-order valence-corrected chi connectivity index (χ3v) is 10.1. The summed E-state index contributed by atoms with van der Waals surface area (Å²) in [5, 5.41) is 31.2. The highest BCUT2D eigenvalue weighted by atomic mass is 16.5. The van der Waals surface area contributed by atoms with Crippen molar-refractivity contribution in [3.05, 3.63) is 35.5 Å². The number of allylic oxidation sites excluding steroid dienone is 3. The highest BCUT2D eigenvalue weighted by molar-refractivity contribution is 5.38. The average molecular weight is 489 g/mol. The van der Waals surface area contributed by atoms with Crippen molar-refractivity contribution in [2.45, 2.75) is 135 Å². The van der Waals surface area contributed by atoms with E-state index in [0.29, 0.717) is 24.7 Å². The lowest BCUT2D eigenvalue weighted by Gasteiger charge is -2.49. The van der Waals surface area contributed by atoms with Gasteiger partial charge in [0.2, 0.25) is 0 Å². The number of rotatable bonds is 10. The van der Waals surface area contributed by atoms with E-state index in [0.717, 1.165) is 56.3 Å². The van der Waals surface area contributed by atoms with Crippen molar-refractivity contribution < 1.29 is 20.1 Å². The Hall–Kier alpha value is -0.940. The monoisotopic (exact) mass is 488 g/mol. The first kappa shape index (κ1) is 28.6. The molecule has 3 aliphatic carbocycles. The fourth-order valence-electron chi connectivity index (χ4n) is 7.76. The van der Waals surface area contributed by atoms with Crippen molar-refractivity contribution >= 4 is 0 Å². The fourth-order valence-corrected chi connectivity index (χ4v) is 7.76. The molecule has 4 nitrogen and oxygen atoms in total. The third kappa shape index (κ3) is 6.14. The Morgan fingerprint density at radius 3 is 2.49 bits per heavy atom. The highest BCUT2D eigenvalue weighted by Gasteiger charge is 2.55. The Balaban J connectivity index is 1.79. The molecule has 0 aromatic carbocycles. The zero-order valence-electron chi connectivity index (χ0n) is 23.1. The fraction of sp³-hybridized carbons (Fsp3) is 0.806. The second-order valence-electron chi connectivity index (χ2n) is 12.1. The van der Waals surface area contributed by atoms with Gasteiger partial charge in [-0.2, -0.15) is 0 Å². The van der Waals surface area contributed by atoms with E-state index >= 15 is 0 Å². The first-order chi connectivity index (χ1) is 16.5. The SMILES string of the molecule is C=C1/C(=C\C=C2/CCC[C@@]3(C)[C@H]2CC[C@@H]3[C@](C)(CCCC(O)(CC)CC)OCC)C[C@@H](O)C[C@@H]1O. The Morgan fingerprint density at radius 1 is 1.11 bits per heavy atom. The van der Waals surface area contributed by atoms with Gasteiger partial charge < -0.3 is 20.1 Å². The second kappa shape index (κ2) is 11.6. The molecule has 0 aliphatic heterocycles. The Morgan fingerprint density at radius 2 is 1.83 bits per heavy atom. The molecule has 6 atom stereocenters. The molecule has 3 fully saturated rings. The van der Waals surface area contributed by atoms with Gasteiger partial charge in [-0.3, -0.25) is 0 Å². The molecule has 0 spiro atoms. The third-order valence-electron chi connectivity index (χ3n) is 10.1. The lowest BCUT2D eigenvalue weighted by molar-refractivity contribution is -0.114. The van der Waals surface area contributed by atoms with Gasteiger partial charge in [0.1, 0.15) is 0 Å². The van der Waals surface area contributed by atoms with Crippen LogP contribution in [0.3, 0.4) is 0 Å². The molecular weight excluding hydrogens is 436 g/mol. The standard InChI is InChI=1S/C31H52O4/c1-7-31(34,8-2)19-11-18-30(6,35-9-3)28-16-15-26-23(12-10-17-29(26,28)5)13-14-24-20-25(32)21-27(33)22(24)4/h13-14,25-28,32-34H,4,7-12,15-21H2,1-3,5-6H3/b23-13+,24-14-/t25-,26+,27+,28+,29+,30+/m1/s1. The number of fused-ring (bicyclic) bond motifs is 1. The van der Waals surface area contributed by atoms with Crippen molar-refractivity contribution in [2.24, 2.45) is 17.3 Å². The van der Waals surface area contributed by atoms with Crippen LogP contribution >= 0.6 is 0 Å². The topological polar surface area (TPSA) is 69.9 Å². The van der Waals surface area contributed by atoms with Crippen LogP contribution in [0.1, 0.15) is 112 Å². The molecule has 0 amide bonds. The molecule has 0 heterocycles. The van der Waals surface area contributed by atoms with E-state index in [1.807, 2.05) is 0 Å². The van der Waals surface area contributed by atoms with Crippen LogP contribution in [-0.4, -0.2) is 45.3 Å². The van der Waals surface area contributed by atoms with Crippen LogP contribution in [0.4, 0.5) is 0 Å². The van der Waals surface area contributed by atoms with Crippen LogP contribution in [-0.2, 0) is 4.74 Å². The summed E-state index contributed by atoms with van der Waals surface area (Å²) in [4.78, 5) is 0. The molecule has 4 heteroatoms. The van der Waals surface area contributed by atoms with Crippen LogP contribution in [0.25, 0.3) is 0 Å². The van der Waals surface area contributed by atoms with Gasteiger partial charge in [0.15, 0.2) is 0 Å². The van der Waals surface area contributed by atoms with E-state index in [1.165, 1.54) is 31.3 Å². The largest absolute Gasteiger partial charge is 0.393 e. The molecule has 0 saturated heterocycles. The minimum absolute atomic E-state index is 0.173. The predicted octanol–water partition coefficient (Wildman–Crippen LogP) is 6.64. The molecule has 0 aromatic heterocycles. The highest BCUT2D eigenvalue weighted by Crippen LogP contribution is 2.61. The molecule has 200 valence electrons. The van der Waals surface area contributed by atoms with Gasteiger partial charge in [0.25, 0.3) is 0 Å². The van der Waals surface area contributed by atoms with Crippen molar-refractivity contribution in [1.29, 1.82) is 0 Å². The smallest absolute Gasteiger partial charge is 0.0811 e. The summed E-state index contributed by atoms with van der Waals surface area (Å²) in [6.45, 7) is 15.9. The van der Waals surface area contributed by atoms with Gasteiger partial charge >= 0.3 is 0 Å². The Kier molecular flexibility index (Phi) is 9.51. The summed E-state index contributed by atoms with van der Waals surface area (Å²) < 4.78 is 6.56. The maximum atomic E-state index is 10.8. The summed E-state index contributed by atoms with van der Waals surface area (Å²) in [6.07, 6.45) is 14.6. The summed E-state index contributed by atoms with van der Waals surface area (Å²) in [7, 11) is 0. The zero-order chi connectivity index (χ0) is 25.9. The van der Waals surface area contributed by atoms with E-state index in [4.69, 9.17) is 4.74 Å². The normalized spacial score (nSPS) is 35.9. The molecule has 3 aliphatic rings. The Labute approximate surface area is 214 Å². The van der Waals surface area contributed by atoms with Gasteiger partial charge in [-0.25, -0.2) is 0 Å². The number of aliphatic hydroxyl groups excluding tert-OH is 2. The molecular formula is C31H52O4. The zero-order valence-corrected chi connectivity index (χ0v) is 23.1. The van der Waals surface area contributed by atoms with Crippen molar-refractivity contribution in [1.82, 2.24) is 0 Å². The maximum Gasteiger partial charge on any atom is 0.0811 e. The maximum absolute atomic E-state index is 10.8. The van der Waals surface area contributed by atoms with E-state index in [2.05, 4.69) is 53.3 Å². The lowest BCUT2D eigenvalue weighted by Crippen LogP contribution is -2.47. The first-order valence-electron chi connectivity index (χ1n) is 14.3. The van der Waals surface area contributed by atoms with Gasteiger partial charge in [-0.1, -0.05) is 45.1 Å². The number of aliphatic hydroxyl groups is 3. The molecule has 3 saturated carbocycles. The van der Waals surface area contributed by atoms with Crippen LogP contribution in [0.5, 0.6) is 0 Å². The summed E-state index contributed by atoms with van der Waals surface area (Å²) in [6, 6.07) is 0. The summed E-state index contributed by atoms with van der Waals surface area (Å²) in [5.74, 6) is 1.05. The average Bonchev–Trinajstić information content (AvgIpc) is 3.18. The van der Waals surface area contributed by atoms with E-state index < -0.39 is 17.8 Å². The molecule has 0 aromatic rings. The van der Waals surface area contributed by atoms with Crippen LogP contribution in [0, 0.1) is 17.3 Å². The minimum atomic E-state index is -0.638. The van der Waals surface area contributed by atoms with Gasteiger partial charge in [-0.15, -0.1) is 0 Å². The van der Waals surface area contributed by atoms with Gasteiger partial charge in [0.05, 0.1) is 23.4 Å². The first-order valence-corrected chi connectivity index (χ1v) is 14.3. The number of hydrogen-bond donors (Lipinski definition) is 3. The second-order valence-corrected chi connectivity index (χ2v) is 12.1. The Bertz CT molecular complexity index is 794. The van der Waals surface area contributed by atoms with E-state index in [9.17, 15) is 15.3 Å². The number of ether oxygens (including phenoxy) is 1. The van der Waals surface area contributed by atoms with Crippen LogP contribution in [0.2, 0.25) is 0 Å². The van der Waals surface area contributed by atoms with Gasteiger partial charge in [0, 0.05) is 13.0 Å². The molecule has 0 unspecified atom stereocenters. The molecule has 3 rings (SSSR count). The van der Waals surface area contributed by atoms with E-state index in [1.54, 1.807) is 0 Å². The van der Waals surface area contributed by atoms with Crippen molar-refractivity contribution in [2.75, 3.05) is 6.61 Å². The number of hydrogen-bond acceptors (Lipinski definition) is 4. The summed E-state index contributed by atoms with van der Waals surface area (Å²) in [5.41, 5.74) is 2.76. The molecule has 0 radical (unpaired) electrons. The molecule has 0 bridgehead atoms. The van der Waals surface area contributed by atoms with Gasteiger partial charge in [-0.05, 0) is 113 Å². The molecule has 35 heavy (non-hydrogen) atoms. The predicted molar refractivity (Wildman–Crippen MR) is 144 cm³/mol. The molecule has 3 N–H and O–H groups in total. The minimum Gasteiger partial charge on any atom is -0.393 e. The quantitative estimate of drug-likeness (QED) is 0.322. The van der Waals surface area contributed by atoms with Crippen molar-refractivity contribution in [3.8, 4) is 0 Å².